The average molecular weight is 392 g/mol. The predicted octanol–water partition coefficient (Wildman–Crippen LogP) is 0.720. The molecule has 0 bridgehead atoms. The third kappa shape index (κ3) is 6.22. The molecule has 0 aliphatic carbocycles. The molecule has 1 fully saturated rings. The van der Waals surface area contributed by atoms with E-state index in [9.17, 15) is 4.79 Å². The summed E-state index contributed by atoms with van der Waals surface area (Å²) in [5.41, 5.74) is 9.06. The van der Waals surface area contributed by atoms with Crippen molar-refractivity contribution in [2.75, 3.05) is 33.2 Å². The zero-order chi connectivity index (χ0) is 20.7. The van der Waals surface area contributed by atoms with Crippen LogP contribution in [0.5, 0.6) is 0 Å². The van der Waals surface area contributed by atoms with Crippen LogP contribution in [0.25, 0.3) is 0 Å². The highest BCUT2D eigenvalue weighted by Crippen LogP contribution is 2.16. The van der Waals surface area contributed by atoms with E-state index < -0.39 is 0 Å². The van der Waals surface area contributed by atoms with Gasteiger partial charge in [0.2, 0.25) is 5.91 Å². The van der Waals surface area contributed by atoms with Gasteiger partial charge in [-0.1, -0.05) is 0 Å². The van der Waals surface area contributed by atoms with Crippen molar-refractivity contribution in [3.63, 3.8) is 0 Å². The van der Waals surface area contributed by atoms with E-state index in [2.05, 4.69) is 46.4 Å². The summed E-state index contributed by atoms with van der Waals surface area (Å²) in [6, 6.07) is 0.256. The molecule has 0 spiro atoms. The van der Waals surface area contributed by atoms with Gasteiger partial charge >= 0.3 is 0 Å². The van der Waals surface area contributed by atoms with E-state index in [-0.39, 0.29) is 17.9 Å². The lowest BCUT2D eigenvalue weighted by Gasteiger charge is -2.31. The van der Waals surface area contributed by atoms with E-state index in [1.54, 1.807) is 7.05 Å². The highest BCUT2D eigenvalue weighted by molar-refractivity contribution is 5.80. The third-order valence-electron chi connectivity index (χ3n) is 5.63. The fourth-order valence-corrected chi connectivity index (χ4v) is 3.90. The molecular weight excluding hydrogens is 354 g/mol. The minimum Gasteiger partial charge on any atom is -0.369 e. The maximum absolute atomic E-state index is 11.4. The van der Waals surface area contributed by atoms with Crippen LogP contribution in [0, 0.1) is 19.8 Å². The van der Waals surface area contributed by atoms with E-state index in [1.165, 1.54) is 11.3 Å². The van der Waals surface area contributed by atoms with Gasteiger partial charge in [-0.05, 0) is 65.1 Å². The van der Waals surface area contributed by atoms with Crippen LogP contribution in [0.3, 0.4) is 0 Å². The van der Waals surface area contributed by atoms with Crippen molar-refractivity contribution in [3.8, 4) is 0 Å². The zero-order valence-electron chi connectivity index (χ0n) is 18.1. The number of amides is 1. The molecule has 2 heterocycles. The van der Waals surface area contributed by atoms with Crippen LogP contribution in [-0.4, -0.2) is 65.8 Å². The maximum Gasteiger partial charge on any atom is 0.221 e. The van der Waals surface area contributed by atoms with Crippen LogP contribution in [0.4, 0.5) is 0 Å². The summed E-state index contributed by atoms with van der Waals surface area (Å²) in [6.07, 6.45) is 3.89. The molecule has 1 aromatic heterocycles. The van der Waals surface area contributed by atoms with Gasteiger partial charge < -0.3 is 21.3 Å². The van der Waals surface area contributed by atoms with E-state index in [0.29, 0.717) is 0 Å². The van der Waals surface area contributed by atoms with E-state index in [4.69, 9.17) is 5.73 Å². The lowest BCUT2D eigenvalue weighted by Crippen LogP contribution is -2.45. The Hall–Kier alpha value is -2.09. The number of carbonyl (C=O) groups excluding carboxylic acids is 1. The van der Waals surface area contributed by atoms with Crippen molar-refractivity contribution in [1.82, 2.24) is 25.3 Å². The number of likely N-dealkylation sites (tertiary alicyclic amines) is 1. The first-order valence-corrected chi connectivity index (χ1v) is 10.3. The predicted molar refractivity (Wildman–Crippen MR) is 113 cm³/mol. The highest BCUT2D eigenvalue weighted by Gasteiger charge is 2.23. The molecule has 1 saturated heterocycles. The number of carbonyl (C=O) groups is 1. The Morgan fingerprint density at radius 3 is 2.79 bits per heavy atom. The van der Waals surface area contributed by atoms with Crippen LogP contribution in [0.2, 0.25) is 0 Å². The monoisotopic (exact) mass is 391 g/mol. The second kappa shape index (κ2) is 10.5. The van der Waals surface area contributed by atoms with Gasteiger partial charge in [0.1, 0.15) is 0 Å². The summed E-state index contributed by atoms with van der Waals surface area (Å²) in [5, 5.41) is 11.4. The number of aromatic nitrogens is 2. The highest BCUT2D eigenvalue weighted by atomic mass is 16.1. The number of piperidine rings is 1. The van der Waals surface area contributed by atoms with Gasteiger partial charge in [0.25, 0.3) is 0 Å². The molecule has 2 unspecified atom stereocenters. The summed E-state index contributed by atoms with van der Waals surface area (Å²) < 4.78 is 1.94. The number of guanidine groups is 1. The molecule has 28 heavy (non-hydrogen) atoms. The van der Waals surface area contributed by atoms with Crippen molar-refractivity contribution in [3.05, 3.63) is 17.0 Å². The average Bonchev–Trinajstić information content (AvgIpc) is 2.90. The molecule has 4 N–H and O–H groups in total. The van der Waals surface area contributed by atoms with Crippen molar-refractivity contribution < 1.29 is 4.79 Å². The molecule has 0 radical (unpaired) electrons. The second-order valence-corrected chi connectivity index (χ2v) is 7.92. The van der Waals surface area contributed by atoms with Crippen LogP contribution in [0.15, 0.2) is 4.99 Å². The summed E-state index contributed by atoms with van der Waals surface area (Å²) in [6.45, 7) is 9.99. The molecule has 8 nitrogen and oxygen atoms in total. The molecule has 1 aromatic rings. The lowest BCUT2D eigenvalue weighted by molar-refractivity contribution is -0.123. The van der Waals surface area contributed by atoms with E-state index >= 15 is 0 Å². The summed E-state index contributed by atoms with van der Waals surface area (Å²) in [4.78, 5) is 18.1. The Balaban J connectivity index is 1.71. The van der Waals surface area contributed by atoms with Crippen LogP contribution >= 0.6 is 0 Å². The minimum absolute atomic E-state index is 0.0105. The van der Waals surface area contributed by atoms with E-state index in [0.717, 1.165) is 63.5 Å². The summed E-state index contributed by atoms with van der Waals surface area (Å²) >= 11 is 0. The molecule has 1 aliphatic rings. The van der Waals surface area contributed by atoms with Crippen molar-refractivity contribution in [2.24, 2.45) is 23.7 Å². The first kappa shape index (κ1) is 22.2. The van der Waals surface area contributed by atoms with E-state index in [1.807, 2.05) is 11.7 Å². The van der Waals surface area contributed by atoms with Gasteiger partial charge in [0, 0.05) is 38.9 Å². The lowest BCUT2D eigenvalue weighted by atomic mass is 9.97. The minimum atomic E-state index is -0.166. The fourth-order valence-electron chi connectivity index (χ4n) is 3.90. The van der Waals surface area contributed by atoms with Gasteiger partial charge in [0.15, 0.2) is 5.96 Å². The van der Waals surface area contributed by atoms with Crippen molar-refractivity contribution >= 4 is 11.9 Å². The molecule has 1 amide bonds. The fraction of sp³-hybridized carbons (Fsp3) is 0.750. The van der Waals surface area contributed by atoms with Gasteiger partial charge in [-0.15, -0.1) is 0 Å². The largest absolute Gasteiger partial charge is 0.369 e. The second-order valence-electron chi connectivity index (χ2n) is 7.92. The molecular formula is C20H37N7O. The number of hydrogen-bond acceptors (Lipinski definition) is 4. The normalized spacial score (nSPS) is 19.5. The smallest absolute Gasteiger partial charge is 0.221 e. The number of nitrogens with zero attached hydrogens (tertiary/aromatic N) is 4. The van der Waals surface area contributed by atoms with Gasteiger partial charge in [-0.25, -0.2) is 0 Å². The number of aryl methyl sites for hydroxylation is 2. The van der Waals surface area contributed by atoms with Crippen LogP contribution in [-0.2, 0) is 18.3 Å². The van der Waals surface area contributed by atoms with Gasteiger partial charge in [-0.2, -0.15) is 5.10 Å². The molecule has 2 atom stereocenters. The number of nitrogens with one attached hydrogen (secondary N) is 2. The van der Waals surface area contributed by atoms with Crippen LogP contribution < -0.4 is 16.4 Å². The first-order valence-electron chi connectivity index (χ1n) is 10.3. The molecule has 2 rings (SSSR count). The third-order valence-corrected chi connectivity index (χ3v) is 5.63. The SMILES string of the molecule is CN=C(NCCCN1CCCC(C(N)=O)C1)NC(C)Cc1c(C)nn(C)c1C. The standard InChI is InChI=1S/C20H37N7O/c1-14(12-18-15(2)25-26(5)16(18)3)24-20(22-4)23-9-7-11-27-10-6-8-17(13-27)19(21)28/h14,17H,6-13H2,1-5H3,(H2,21,28)(H2,22,23,24). The number of rotatable bonds is 8. The summed E-state index contributed by atoms with van der Waals surface area (Å²) in [5.74, 6) is 0.664. The quantitative estimate of drug-likeness (QED) is 0.344. The van der Waals surface area contributed by atoms with Gasteiger partial charge in [0.05, 0.1) is 11.6 Å². The van der Waals surface area contributed by atoms with Crippen molar-refractivity contribution in [1.29, 1.82) is 0 Å². The maximum atomic E-state index is 11.4. The molecule has 1 aliphatic heterocycles. The Labute approximate surface area is 168 Å². The molecule has 0 aromatic carbocycles. The number of primary amides is 1. The van der Waals surface area contributed by atoms with Crippen molar-refractivity contribution in [2.45, 2.75) is 52.5 Å². The topological polar surface area (TPSA) is 101 Å². The molecule has 8 heteroatoms. The Bertz CT molecular complexity index is 682. The first-order chi connectivity index (χ1) is 13.3. The molecule has 158 valence electrons. The summed E-state index contributed by atoms with van der Waals surface area (Å²) in [7, 11) is 3.78. The molecule has 0 saturated carbocycles. The Morgan fingerprint density at radius 2 is 2.18 bits per heavy atom. The number of hydrogen-bond donors (Lipinski definition) is 3. The Morgan fingerprint density at radius 1 is 1.43 bits per heavy atom. The van der Waals surface area contributed by atoms with Gasteiger partial charge in [-0.3, -0.25) is 14.5 Å². The number of nitrogens with two attached hydrogens (primary N) is 1. The number of aliphatic imine (C=N–C) groups is 1. The van der Waals surface area contributed by atoms with Crippen LogP contribution in [0.1, 0.15) is 43.1 Å². The zero-order valence-corrected chi connectivity index (χ0v) is 18.1. The Kier molecular flexibility index (Phi) is 8.29.